The number of rotatable bonds is 5. The molecule has 0 atom stereocenters. The Balaban J connectivity index is 1.56. The lowest BCUT2D eigenvalue weighted by Gasteiger charge is -2.36. The normalized spacial score (nSPS) is 14.3. The maximum atomic E-state index is 12.5. The van der Waals surface area contributed by atoms with E-state index in [4.69, 9.17) is 10.6 Å². The summed E-state index contributed by atoms with van der Waals surface area (Å²) < 4.78 is 6.34. The second-order valence-electron chi connectivity index (χ2n) is 6.07. The maximum Gasteiger partial charge on any atom is 0.294 e. The van der Waals surface area contributed by atoms with Crippen LogP contribution in [-0.4, -0.2) is 64.7 Å². The molecule has 1 aliphatic rings. The number of aryl methyl sites for hydroxylation is 1. The number of amides is 1. The Labute approximate surface area is 161 Å². The van der Waals surface area contributed by atoms with Gasteiger partial charge in [-0.05, 0) is 19.1 Å². The number of para-hydroxylation sites is 2. The van der Waals surface area contributed by atoms with Gasteiger partial charge < -0.3 is 20.4 Å². The predicted octanol–water partition coefficient (Wildman–Crippen LogP) is 0.110. The minimum absolute atomic E-state index is 0.0190. The zero-order valence-corrected chi connectivity index (χ0v) is 16.1. The highest BCUT2D eigenvalue weighted by Crippen LogP contribution is 2.28. The quantitative estimate of drug-likeness (QED) is 0.566. The van der Waals surface area contributed by atoms with Gasteiger partial charge in [-0.15, -0.1) is 10.2 Å². The van der Waals surface area contributed by atoms with Crippen molar-refractivity contribution in [1.29, 1.82) is 0 Å². The van der Waals surface area contributed by atoms with E-state index in [-0.39, 0.29) is 22.5 Å². The molecule has 3 rings (SSSR count). The zero-order chi connectivity index (χ0) is 19.4. The van der Waals surface area contributed by atoms with Crippen LogP contribution in [0.1, 0.15) is 5.69 Å². The summed E-state index contributed by atoms with van der Waals surface area (Å²) in [4.78, 5) is 28.3. The van der Waals surface area contributed by atoms with E-state index in [1.807, 2.05) is 24.3 Å². The predicted molar refractivity (Wildman–Crippen MR) is 104 cm³/mol. The first kappa shape index (κ1) is 19.0. The van der Waals surface area contributed by atoms with Crippen LogP contribution >= 0.6 is 11.8 Å². The highest BCUT2D eigenvalue weighted by molar-refractivity contribution is 7.99. The van der Waals surface area contributed by atoms with E-state index in [1.54, 1.807) is 18.9 Å². The first-order chi connectivity index (χ1) is 13.0. The van der Waals surface area contributed by atoms with Crippen LogP contribution in [0, 0.1) is 6.92 Å². The summed E-state index contributed by atoms with van der Waals surface area (Å²) in [7, 11) is 1.65. The fraction of sp³-hybridized carbons (Fsp3) is 0.412. The molecule has 2 aromatic rings. The highest BCUT2D eigenvalue weighted by Gasteiger charge is 2.23. The molecule has 0 aliphatic carbocycles. The average molecular weight is 390 g/mol. The number of thioether (sulfide) groups is 1. The van der Waals surface area contributed by atoms with E-state index < -0.39 is 5.56 Å². The minimum Gasteiger partial charge on any atom is -0.495 e. The maximum absolute atomic E-state index is 12.5. The van der Waals surface area contributed by atoms with Gasteiger partial charge in [-0.2, -0.15) is 4.68 Å². The van der Waals surface area contributed by atoms with Crippen LogP contribution in [0.2, 0.25) is 0 Å². The molecule has 2 heterocycles. The molecule has 1 aromatic heterocycles. The average Bonchev–Trinajstić information content (AvgIpc) is 2.71. The number of aromatic nitrogens is 3. The van der Waals surface area contributed by atoms with E-state index in [1.165, 1.54) is 0 Å². The van der Waals surface area contributed by atoms with Crippen LogP contribution in [0.3, 0.4) is 0 Å². The van der Waals surface area contributed by atoms with Crippen LogP contribution in [0.25, 0.3) is 0 Å². The number of ether oxygens (including phenoxy) is 1. The van der Waals surface area contributed by atoms with Crippen molar-refractivity contribution in [3.63, 3.8) is 0 Å². The second-order valence-corrected chi connectivity index (χ2v) is 7.01. The van der Waals surface area contributed by atoms with Crippen molar-refractivity contribution in [1.82, 2.24) is 19.8 Å². The van der Waals surface area contributed by atoms with Gasteiger partial charge in [0.1, 0.15) is 11.4 Å². The Kier molecular flexibility index (Phi) is 5.84. The van der Waals surface area contributed by atoms with E-state index in [0.29, 0.717) is 13.1 Å². The van der Waals surface area contributed by atoms with Crippen LogP contribution in [-0.2, 0) is 4.79 Å². The number of piperazine rings is 1. The summed E-state index contributed by atoms with van der Waals surface area (Å²) >= 11 is 1.11. The SMILES string of the molecule is COc1ccccc1N1CCN(C(=O)CSc2nnc(C)c(=O)n2N)CC1. The molecule has 1 amide bonds. The van der Waals surface area contributed by atoms with Gasteiger partial charge in [0, 0.05) is 26.2 Å². The number of nitrogens with two attached hydrogens (primary N) is 1. The van der Waals surface area contributed by atoms with Gasteiger partial charge in [0.15, 0.2) is 0 Å². The van der Waals surface area contributed by atoms with Crippen molar-refractivity contribution in [2.45, 2.75) is 12.1 Å². The lowest BCUT2D eigenvalue weighted by atomic mass is 10.2. The van der Waals surface area contributed by atoms with Crippen molar-refractivity contribution >= 4 is 23.4 Å². The smallest absolute Gasteiger partial charge is 0.294 e. The highest BCUT2D eigenvalue weighted by atomic mass is 32.2. The Morgan fingerprint density at radius 1 is 1.22 bits per heavy atom. The number of hydrogen-bond donors (Lipinski definition) is 1. The molecule has 144 valence electrons. The summed E-state index contributed by atoms with van der Waals surface area (Å²) in [5, 5.41) is 7.88. The Hall–Kier alpha value is -2.75. The molecule has 0 radical (unpaired) electrons. The standard InChI is InChI=1S/C17H22N6O3S/c1-12-16(25)23(18)17(20-19-12)27-11-15(24)22-9-7-21(8-10-22)13-5-3-4-6-14(13)26-2/h3-6H,7-11,18H2,1-2H3. The van der Waals surface area contributed by atoms with E-state index in [9.17, 15) is 9.59 Å². The van der Waals surface area contributed by atoms with Crippen molar-refractivity contribution < 1.29 is 9.53 Å². The van der Waals surface area contributed by atoms with Crippen molar-refractivity contribution in [2.75, 3.05) is 49.8 Å². The van der Waals surface area contributed by atoms with Crippen LogP contribution < -0.4 is 21.0 Å². The van der Waals surface area contributed by atoms with Crippen LogP contribution in [0.4, 0.5) is 5.69 Å². The topological polar surface area (TPSA) is 107 Å². The van der Waals surface area contributed by atoms with Crippen LogP contribution in [0.5, 0.6) is 5.75 Å². The Morgan fingerprint density at radius 3 is 2.63 bits per heavy atom. The number of carbonyl (C=O) groups is 1. The van der Waals surface area contributed by atoms with Crippen molar-refractivity contribution in [3.8, 4) is 5.75 Å². The molecular weight excluding hydrogens is 368 g/mol. The summed E-state index contributed by atoms with van der Waals surface area (Å²) in [6.07, 6.45) is 0. The zero-order valence-electron chi connectivity index (χ0n) is 15.3. The largest absolute Gasteiger partial charge is 0.495 e. The van der Waals surface area contributed by atoms with Crippen molar-refractivity contribution in [3.05, 3.63) is 40.3 Å². The Bertz CT molecular complexity index is 879. The molecular formula is C17H22N6O3S. The lowest BCUT2D eigenvalue weighted by molar-refractivity contribution is -0.128. The van der Waals surface area contributed by atoms with Gasteiger partial charge >= 0.3 is 0 Å². The number of nitrogens with zero attached hydrogens (tertiary/aromatic N) is 5. The number of anilines is 1. The molecule has 2 N–H and O–H groups in total. The summed E-state index contributed by atoms with van der Waals surface area (Å²) in [6, 6.07) is 7.85. The summed E-state index contributed by atoms with van der Waals surface area (Å²) in [5.41, 5.74) is 0.842. The van der Waals surface area contributed by atoms with Gasteiger partial charge in [-0.3, -0.25) is 9.59 Å². The van der Waals surface area contributed by atoms with Gasteiger partial charge in [-0.25, -0.2) is 0 Å². The molecule has 1 fully saturated rings. The van der Waals surface area contributed by atoms with Gasteiger partial charge in [-0.1, -0.05) is 23.9 Å². The molecule has 27 heavy (non-hydrogen) atoms. The van der Waals surface area contributed by atoms with Gasteiger partial charge in [0.05, 0.1) is 18.6 Å². The summed E-state index contributed by atoms with van der Waals surface area (Å²) in [6.45, 7) is 4.23. The summed E-state index contributed by atoms with van der Waals surface area (Å²) in [5.74, 6) is 6.66. The monoisotopic (exact) mass is 390 g/mol. The third-order valence-corrected chi connectivity index (χ3v) is 5.33. The first-order valence-corrected chi connectivity index (χ1v) is 9.49. The molecule has 9 nitrogen and oxygen atoms in total. The molecule has 1 aliphatic heterocycles. The third kappa shape index (κ3) is 4.16. The number of nitrogen functional groups attached to an aromatic ring is 1. The molecule has 1 saturated heterocycles. The number of carbonyl (C=O) groups excluding carboxylic acids is 1. The molecule has 0 saturated carbocycles. The van der Waals surface area contributed by atoms with Gasteiger partial charge in [0.2, 0.25) is 11.1 Å². The molecule has 1 aromatic carbocycles. The van der Waals surface area contributed by atoms with E-state index >= 15 is 0 Å². The minimum atomic E-state index is -0.412. The third-order valence-electron chi connectivity index (χ3n) is 4.40. The molecule has 0 spiro atoms. The van der Waals surface area contributed by atoms with Gasteiger partial charge in [0.25, 0.3) is 5.56 Å². The number of hydrogen-bond acceptors (Lipinski definition) is 8. The van der Waals surface area contributed by atoms with E-state index in [2.05, 4.69) is 15.1 Å². The molecule has 0 bridgehead atoms. The first-order valence-electron chi connectivity index (χ1n) is 8.51. The van der Waals surface area contributed by atoms with E-state index in [0.717, 1.165) is 41.0 Å². The fourth-order valence-electron chi connectivity index (χ4n) is 2.87. The second kappa shape index (κ2) is 8.30. The number of benzene rings is 1. The Morgan fingerprint density at radius 2 is 1.93 bits per heavy atom. The molecule has 0 unspecified atom stereocenters. The lowest BCUT2D eigenvalue weighted by Crippen LogP contribution is -2.49. The number of methoxy groups -OCH3 is 1. The fourth-order valence-corrected chi connectivity index (χ4v) is 3.63. The molecule has 10 heteroatoms. The van der Waals surface area contributed by atoms with Crippen molar-refractivity contribution in [2.24, 2.45) is 0 Å². The van der Waals surface area contributed by atoms with Crippen LogP contribution in [0.15, 0.2) is 34.2 Å².